The molecule has 0 amide bonds. The van der Waals surface area contributed by atoms with Gasteiger partial charge in [-0.05, 0) is 66.3 Å². The molecule has 218 valence electrons. The average Bonchev–Trinajstić information content (AvgIpc) is 3.26. The fourth-order valence-corrected chi connectivity index (χ4v) is 7.16. The number of fused-ring (bicyclic) bond motifs is 6. The van der Waals surface area contributed by atoms with Gasteiger partial charge in [0.2, 0.25) is 0 Å². The van der Waals surface area contributed by atoms with E-state index >= 15 is 0 Å². The molecule has 4 aromatic rings. The summed E-state index contributed by atoms with van der Waals surface area (Å²) in [5.74, 6) is 1.76. The van der Waals surface area contributed by atoms with Crippen LogP contribution >= 0.6 is 0 Å². The second-order valence-corrected chi connectivity index (χ2v) is 12.2. The molecule has 0 spiro atoms. The standard InChI is InChI=1S/C39H39NO3/c1-6-9-31-26(2)38(3,4)36-34-20-21-39(28-14-18-30(41-5)19-15-28,43-37(34)33-11-8-7-10-32(33)35(31)36)27-12-16-29(17-13-27)40-22-24-42-25-23-40/h6-21H,22-25H2,1-5H3/b9-6-. The van der Waals surface area contributed by atoms with Gasteiger partial charge < -0.3 is 19.1 Å². The van der Waals surface area contributed by atoms with E-state index < -0.39 is 5.60 Å². The van der Waals surface area contributed by atoms with Gasteiger partial charge in [0.15, 0.2) is 5.60 Å². The van der Waals surface area contributed by atoms with Gasteiger partial charge in [-0.3, -0.25) is 0 Å². The first-order valence-electron chi connectivity index (χ1n) is 15.3. The smallest absolute Gasteiger partial charge is 0.178 e. The highest BCUT2D eigenvalue weighted by Gasteiger charge is 2.43. The Hall–Kier alpha value is -4.28. The lowest BCUT2D eigenvalue weighted by molar-refractivity contribution is 0.122. The van der Waals surface area contributed by atoms with E-state index in [1.165, 1.54) is 38.9 Å². The van der Waals surface area contributed by atoms with Crippen LogP contribution in [0.4, 0.5) is 5.69 Å². The Balaban J connectivity index is 1.44. The van der Waals surface area contributed by atoms with Crippen molar-refractivity contribution >= 4 is 28.1 Å². The van der Waals surface area contributed by atoms with Gasteiger partial charge in [0, 0.05) is 46.3 Å². The maximum absolute atomic E-state index is 7.42. The molecule has 3 aliphatic rings. The summed E-state index contributed by atoms with van der Waals surface area (Å²) in [6, 6.07) is 25.9. The molecule has 1 fully saturated rings. The summed E-state index contributed by atoms with van der Waals surface area (Å²) < 4.78 is 18.5. The number of hydrogen-bond donors (Lipinski definition) is 0. The minimum Gasteiger partial charge on any atom is -0.497 e. The molecule has 0 bridgehead atoms. The summed E-state index contributed by atoms with van der Waals surface area (Å²) in [6.45, 7) is 12.4. The number of anilines is 1. The topological polar surface area (TPSA) is 30.9 Å². The lowest BCUT2D eigenvalue weighted by Crippen LogP contribution is -2.37. The molecule has 0 aromatic heterocycles. The molecule has 1 unspecified atom stereocenters. The molecular weight excluding hydrogens is 530 g/mol. The van der Waals surface area contributed by atoms with Crippen LogP contribution in [0, 0.1) is 0 Å². The van der Waals surface area contributed by atoms with Crippen LogP contribution in [-0.2, 0) is 15.8 Å². The van der Waals surface area contributed by atoms with Gasteiger partial charge in [-0.15, -0.1) is 0 Å². The number of methoxy groups -OCH3 is 1. The zero-order valence-electron chi connectivity index (χ0n) is 25.7. The van der Waals surface area contributed by atoms with E-state index in [0.717, 1.165) is 54.3 Å². The Morgan fingerprint density at radius 3 is 2.16 bits per heavy atom. The first kappa shape index (κ1) is 27.5. The molecule has 1 saturated heterocycles. The van der Waals surface area contributed by atoms with Crippen molar-refractivity contribution in [3.63, 3.8) is 0 Å². The zero-order valence-corrected chi connectivity index (χ0v) is 25.7. The van der Waals surface area contributed by atoms with Crippen LogP contribution in [0.2, 0.25) is 0 Å². The van der Waals surface area contributed by atoms with E-state index in [9.17, 15) is 0 Å². The van der Waals surface area contributed by atoms with E-state index in [2.05, 4.69) is 118 Å². The van der Waals surface area contributed by atoms with Crippen LogP contribution in [0.5, 0.6) is 11.5 Å². The fraction of sp³-hybridized carbons (Fsp3) is 0.282. The van der Waals surface area contributed by atoms with Crippen LogP contribution in [-0.4, -0.2) is 33.4 Å². The molecule has 0 N–H and O–H groups in total. The van der Waals surface area contributed by atoms with Gasteiger partial charge in [0.25, 0.3) is 0 Å². The molecule has 4 aromatic carbocycles. The highest BCUT2D eigenvalue weighted by Crippen LogP contribution is 2.56. The molecule has 1 atom stereocenters. The van der Waals surface area contributed by atoms with Crippen LogP contribution in [0.15, 0.2) is 96.6 Å². The molecule has 2 heterocycles. The Morgan fingerprint density at radius 1 is 0.860 bits per heavy atom. The summed E-state index contributed by atoms with van der Waals surface area (Å²) in [5, 5.41) is 2.37. The lowest BCUT2D eigenvalue weighted by atomic mass is 9.76. The second-order valence-electron chi connectivity index (χ2n) is 12.2. The molecule has 4 nitrogen and oxygen atoms in total. The van der Waals surface area contributed by atoms with Crippen LogP contribution in [0.1, 0.15) is 55.5 Å². The maximum Gasteiger partial charge on any atom is 0.178 e. The molecule has 7 rings (SSSR count). The third-order valence-electron chi connectivity index (χ3n) is 9.71. The number of rotatable bonds is 5. The summed E-state index contributed by atoms with van der Waals surface area (Å²) in [4.78, 5) is 2.39. The molecular formula is C39H39NO3. The van der Waals surface area contributed by atoms with E-state index in [0.29, 0.717) is 0 Å². The Morgan fingerprint density at radius 2 is 1.51 bits per heavy atom. The Kier molecular flexibility index (Phi) is 6.70. The molecule has 0 radical (unpaired) electrons. The van der Waals surface area contributed by atoms with Gasteiger partial charge in [-0.25, -0.2) is 0 Å². The first-order chi connectivity index (χ1) is 20.9. The Bertz CT molecular complexity index is 1790. The van der Waals surface area contributed by atoms with Crippen molar-refractivity contribution in [1.29, 1.82) is 0 Å². The van der Waals surface area contributed by atoms with Crippen molar-refractivity contribution < 1.29 is 14.2 Å². The molecule has 4 heteroatoms. The molecule has 2 aliphatic heterocycles. The molecule has 43 heavy (non-hydrogen) atoms. The normalized spacial score (nSPS) is 20.8. The number of nitrogens with zero attached hydrogens (tertiary/aromatic N) is 1. The van der Waals surface area contributed by atoms with Crippen LogP contribution in [0.25, 0.3) is 22.4 Å². The number of allylic oxidation sites excluding steroid dienone is 4. The summed E-state index contributed by atoms with van der Waals surface area (Å²) >= 11 is 0. The third kappa shape index (κ3) is 4.23. The fourth-order valence-electron chi connectivity index (χ4n) is 7.16. The first-order valence-corrected chi connectivity index (χ1v) is 15.3. The van der Waals surface area contributed by atoms with Crippen molar-refractivity contribution in [2.75, 3.05) is 38.3 Å². The van der Waals surface area contributed by atoms with Gasteiger partial charge in [-0.2, -0.15) is 0 Å². The van der Waals surface area contributed by atoms with E-state index in [-0.39, 0.29) is 5.41 Å². The summed E-state index contributed by atoms with van der Waals surface area (Å²) in [6.07, 6.45) is 9.00. The highest BCUT2D eigenvalue weighted by molar-refractivity contribution is 6.07. The monoisotopic (exact) mass is 569 g/mol. The van der Waals surface area contributed by atoms with Crippen molar-refractivity contribution in [1.82, 2.24) is 0 Å². The van der Waals surface area contributed by atoms with E-state index in [1.54, 1.807) is 7.11 Å². The molecule has 1 aliphatic carbocycles. The van der Waals surface area contributed by atoms with Crippen LogP contribution < -0.4 is 14.4 Å². The quantitative estimate of drug-likeness (QED) is 0.241. The SMILES string of the molecule is C/C=C\C1=C(C)C(C)(C)c2c3c(c4ccccc4c21)OC(c1ccc(OC)cc1)(c1ccc(N2CCOCC2)cc1)C=C3. The van der Waals surface area contributed by atoms with Gasteiger partial charge in [0.1, 0.15) is 11.5 Å². The van der Waals surface area contributed by atoms with Gasteiger partial charge in [-0.1, -0.05) is 86.2 Å². The zero-order chi connectivity index (χ0) is 29.8. The minimum atomic E-state index is -0.808. The van der Waals surface area contributed by atoms with Crippen molar-refractivity contribution in [3.8, 4) is 11.5 Å². The predicted octanol–water partition coefficient (Wildman–Crippen LogP) is 8.68. The number of hydrogen-bond acceptors (Lipinski definition) is 4. The van der Waals surface area contributed by atoms with E-state index in [4.69, 9.17) is 14.2 Å². The second kappa shape index (κ2) is 10.5. The highest BCUT2D eigenvalue weighted by atomic mass is 16.5. The lowest BCUT2D eigenvalue weighted by Gasteiger charge is -2.39. The van der Waals surface area contributed by atoms with Crippen molar-refractivity contribution in [3.05, 3.63) is 124 Å². The summed E-state index contributed by atoms with van der Waals surface area (Å²) in [5.41, 5.74) is 8.96. The average molecular weight is 570 g/mol. The van der Waals surface area contributed by atoms with Gasteiger partial charge >= 0.3 is 0 Å². The minimum absolute atomic E-state index is 0.133. The summed E-state index contributed by atoms with van der Waals surface area (Å²) in [7, 11) is 1.70. The Labute approximate surface area is 254 Å². The number of benzene rings is 4. The molecule has 0 saturated carbocycles. The predicted molar refractivity (Wildman–Crippen MR) is 177 cm³/mol. The van der Waals surface area contributed by atoms with E-state index in [1.807, 2.05) is 12.1 Å². The number of morpholine rings is 1. The van der Waals surface area contributed by atoms with Crippen molar-refractivity contribution in [2.24, 2.45) is 0 Å². The largest absolute Gasteiger partial charge is 0.497 e. The number of ether oxygens (including phenoxy) is 3. The van der Waals surface area contributed by atoms with Crippen LogP contribution in [0.3, 0.4) is 0 Å². The maximum atomic E-state index is 7.42. The van der Waals surface area contributed by atoms with Gasteiger partial charge in [0.05, 0.1) is 20.3 Å². The third-order valence-corrected chi connectivity index (χ3v) is 9.71. The van der Waals surface area contributed by atoms with Crippen molar-refractivity contribution in [2.45, 2.75) is 38.7 Å².